The first kappa shape index (κ1) is 22.0. The molecule has 0 saturated heterocycles. The van der Waals surface area contributed by atoms with E-state index in [1.54, 1.807) is 11.0 Å². The van der Waals surface area contributed by atoms with Crippen LogP contribution < -0.4 is 0 Å². The molecule has 4 aromatic rings. The van der Waals surface area contributed by atoms with Gasteiger partial charge in [-0.15, -0.1) is 10.2 Å². The number of rotatable bonds is 6. The molecule has 7 heteroatoms. The van der Waals surface area contributed by atoms with Crippen molar-refractivity contribution >= 4 is 28.4 Å². The monoisotopic (exact) mass is 448 g/mol. The maximum Gasteiger partial charge on any atom is 0.249 e. The minimum Gasteiger partial charge on any atom is -0.419 e. The van der Waals surface area contributed by atoms with E-state index in [9.17, 15) is 4.79 Å². The molecule has 32 heavy (non-hydrogen) atoms. The SMILES string of the molecule is Cc1nc2ccccc2c(C)c1CC(=O)N(Cc1nnc(-c2ccccc2Cl)o1)C(C)C. The molecular formula is C25H25ClN4O2. The van der Waals surface area contributed by atoms with Gasteiger partial charge in [-0.3, -0.25) is 9.78 Å². The third kappa shape index (κ3) is 4.36. The summed E-state index contributed by atoms with van der Waals surface area (Å²) < 4.78 is 5.82. The second-order valence-corrected chi connectivity index (χ2v) is 8.50. The highest BCUT2D eigenvalue weighted by molar-refractivity contribution is 6.33. The zero-order valence-corrected chi connectivity index (χ0v) is 19.3. The summed E-state index contributed by atoms with van der Waals surface area (Å²) in [5.41, 5.74) is 4.53. The highest BCUT2D eigenvalue weighted by Gasteiger charge is 2.23. The Morgan fingerprint density at radius 3 is 2.53 bits per heavy atom. The molecule has 0 aliphatic carbocycles. The smallest absolute Gasteiger partial charge is 0.249 e. The van der Waals surface area contributed by atoms with Crippen LogP contribution in [-0.2, 0) is 17.8 Å². The molecule has 0 aliphatic heterocycles. The van der Waals surface area contributed by atoms with Crippen molar-refractivity contribution in [1.29, 1.82) is 0 Å². The summed E-state index contributed by atoms with van der Waals surface area (Å²) in [5.74, 6) is 0.694. The number of carbonyl (C=O) groups excluding carboxylic acids is 1. The predicted molar refractivity (Wildman–Crippen MR) is 125 cm³/mol. The van der Waals surface area contributed by atoms with Gasteiger partial charge >= 0.3 is 0 Å². The lowest BCUT2D eigenvalue weighted by Crippen LogP contribution is -2.37. The minimum absolute atomic E-state index is 0.0132. The Balaban J connectivity index is 1.57. The van der Waals surface area contributed by atoms with Crippen LogP contribution in [0.1, 0.15) is 36.6 Å². The first-order chi connectivity index (χ1) is 15.3. The molecule has 2 aromatic carbocycles. The van der Waals surface area contributed by atoms with Gasteiger partial charge in [0, 0.05) is 17.1 Å². The van der Waals surface area contributed by atoms with Crippen molar-refractivity contribution in [3.05, 3.63) is 76.3 Å². The highest BCUT2D eigenvalue weighted by atomic mass is 35.5. The molecule has 2 aromatic heterocycles. The standard InChI is InChI=1S/C25H25ClN4O2/c1-15(2)30(14-23-28-29-25(32-23)19-10-5-7-11-21(19)26)24(31)13-20-16(3)18-9-6-8-12-22(18)27-17(20)4/h5-12,15H,13-14H2,1-4H3. The summed E-state index contributed by atoms with van der Waals surface area (Å²) >= 11 is 6.24. The van der Waals surface area contributed by atoms with Crippen LogP contribution in [0.15, 0.2) is 52.9 Å². The third-order valence-electron chi connectivity index (χ3n) is 5.63. The second-order valence-electron chi connectivity index (χ2n) is 8.09. The number of aromatic nitrogens is 3. The van der Waals surface area contributed by atoms with Gasteiger partial charge in [0.2, 0.25) is 17.7 Å². The molecule has 0 radical (unpaired) electrons. The fourth-order valence-electron chi connectivity index (χ4n) is 3.85. The number of halogens is 1. The molecule has 6 nitrogen and oxygen atoms in total. The lowest BCUT2D eigenvalue weighted by Gasteiger charge is -2.26. The van der Waals surface area contributed by atoms with Crippen molar-refractivity contribution in [2.45, 2.75) is 46.7 Å². The van der Waals surface area contributed by atoms with Gasteiger partial charge in [0.05, 0.1) is 29.1 Å². The molecule has 0 spiro atoms. The molecule has 0 aliphatic rings. The fourth-order valence-corrected chi connectivity index (χ4v) is 4.07. The molecule has 0 fully saturated rings. The normalized spacial score (nSPS) is 11.3. The van der Waals surface area contributed by atoms with E-state index >= 15 is 0 Å². The number of hydrogen-bond acceptors (Lipinski definition) is 5. The van der Waals surface area contributed by atoms with Crippen molar-refractivity contribution < 1.29 is 9.21 Å². The number of para-hydroxylation sites is 1. The predicted octanol–water partition coefficient (Wildman–Crippen LogP) is 5.53. The van der Waals surface area contributed by atoms with E-state index in [1.165, 1.54) is 0 Å². The summed E-state index contributed by atoms with van der Waals surface area (Å²) in [6.07, 6.45) is 0.263. The van der Waals surface area contributed by atoms with Crippen molar-refractivity contribution in [3.63, 3.8) is 0 Å². The number of benzene rings is 2. The van der Waals surface area contributed by atoms with Gasteiger partial charge in [-0.1, -0.05) is 41.9 Å². The zero-order chi connectivity index (χ0) is 22.8. The van der Waals surface area contributed by atoms with Crippen LogP contribution in [0.4, 0.5) is 0 Å². The fraction of sp³-hybridized carbons (Fsp3) is 0.280. The van der Waals surface area contributed by atoms with Crippen LogP contribution in [0.3, 0.4) is 0 Å². The van der Waals surface area contributed by atoms with Gasteiger partial charge in [0.15, 0.2) is 0 Å². The maximum atomic E-state index is 13.3. The van der Waals surface area contributed by atoms with Gasteiger partial charge in [-0.2, -0.15) is 0 Å². The van der Waals surface area contributed by atoms with E-state index in [1.807, 2.05) is 70.2 Å². The number of carbonyl (C=O) groups is 1. The van der Waals surface area contributed by atoms with Crippen LogP contribution in [0.25, 0.3) is 22.4 Å². The van der Waals surface area contributed by atoms with Crippen LogP contribution in [-0.4, -0.2) is 32.0 Å². The highest BCUT2D eigenvalue weighted by Crippen LogP contribution is 2.27. The third-order valence-corrected chi connectivity index (χ3v) is 5.96. The number of hydrogen-bond donors (Lipinski definition) is 0. The van der Waals surface area contributed by atoms with E-state index < -0.39 is 0 Å². The number of nitrogens with zero attached hydrogens (tertiary/aromatic N) is 4. The zero-order valence-electron chi connectivity index (χ0n) is 18.6. The molecule has 0 saturated carbocycles. The van der Waals surface area contributed by atoms with Crippen LogP contribution >= 0.6 is 11.6 Å². The van der Waals surface area contributed by atoms with E-state index in [4.69, 9.17) is 21.0 Å². The largest absolute Gasteiger partial charge is 0.419 e. The molecule has 4 rings (SSSR count). The number of pyridine rings is 1. The van der Waals surface area contributed by atoms with Crippen molar-refractivity contribution in [2.75, 3.05) is 0 Å². The molecule has 2 heterocycles. The molecule has 0 bridgehead atoms. The summed E-state index contributed by atoms with van der Waals surface area (Å²) in [4.78, 5) is 19.8. The first-order valence-corrected chi connectivity index (χ1v) is 10.9. The van der Waals surface area contributed by atoms with E-state index in [0.29, 0.717) is 22.4 Å². The quantitative estimate of drug-likeness (QED) is 0.387. The topological polar surface area (TPSA) is 72.1 Å². The molecule has 164 valence electrons. The first-order valence-electron chi connectivity index (χ1n) is 10.6. The molecule has 0 N–H and O–H groups in total. The Kier molecular flexibility index (Phi) is 6.24. The summed E-state index contributed by atoms with van der Waals surface area (Å²) in [6, 6.07) is 15.3. The van der Waals surface area contributed by atoms with Crippen molar-refractivity contribution in [1.82, 2.24) is 20.1 Å². The Bertz CT molecular complexity index is 1280. The van der Waals surface area contributed by atoms with Crippen molar-refractivity contribution in [3.8, 4) is 11.5 Å². The van der Waals surface area contributed by atoms with Gasteiger partial charge in [-0.05, 0) is 57.0 Å². The average Bonchev–Trinajstić information content (AvgIpc) is 3.23. The lowest BCUT2D eigenvalue weighted by atomic mass is 9.99. The number of amides is 1. The number of fused-ring (bicyclic) bond motifs is 1. The Morgan fingerprint density at radius 2 is 1.78 bits per heavy atom. The van der Waals surface area contributed by atoms with Gasteiger partial charge in [0.25, 0.3) is 0 Å². The summed E-state index contributed by atoms with van der Waals surface area (Å²) in [6.45, 7) is 8.18. The Hall–Kier alpha value is -3.25. The van der Waals surface area contributed by atoms with Crippen LogP contribution in [0, 0.1) is 13.8 Å². The minimum atomic E-state index is -0.0350. The summed E-state index contributed by atoms with van der Waals surface area (Å²) in [7, 11) is 0. The summed E-state index contributed by atoms with van der Waals surface area (Å²) in [5, 5.41) is 9.86. The second kappa shape index (κ2) is 9.09. The molecule has 1 amide bonds. The molecule has 0 atom stereocenters. The van der Waals surface area contributed by atoms with E-state index in [0.717, 1.165) is 27.7 Å². The van der Waals surface area contributed by atoms with Crippen LogP contribution in [0.5, 0.6) is 0 Å². The molecular weight excluding hydrogens is 424 g/mol. The Labute approximate surface area is 192 Å². The van der Waals surface area contributed by atoms with Crippen LogP contribution in [0.2, 0.25) is 5.02 Å². The van der Waals surface area contributed by atoms with Gasteiger partial charge in [0.1, 0.15) is 0 Å². The number of aryl methyl sites for hydroxylation is 2. The Morgan fingerprint density at radius 1 is 1.06 bits per heavy atom. The van der Waals surface area contributed by atoms with E-state index in [2.05, 4.69) is 10.2 Å². The van der Waals surface area contributed by atoms with Gasteiger partial charge in [-0.25, -0.2) is 0 Å². The van der Waals surface area contributed by atoms with E-state index in [-0.39, 0.29) is 24.9 Å². The lowest BCUT2D eigenvalue weighted by molar-refractivity contribution is -0.133. The van der Waals surface area contributed by atoms with Crippen molar-refractivity contribution in [2.24, 2.45) is 0 Å². The molecule has 0 unspecified atom stereocenters. The maximum absolute atomic E-state index is 13.3. The van der Waals surface area contributed by atoms with Gasteiger partial charge < -0.3 is 9.32 Å². The average molecular weight is 449 g/mol.